The molecule has 6 nitrogen and oxygen atoms in total. The van der Waals surface area contributed by atoms with Gasteiger partial charge in [0.05, 0.1) is 11.6 Å². The molecule has 1 aromatic carbocycles. The molecule has 0 saturated carbocycles. The first kappa shape index (κ1) is 21.7. The highest BCUT2D eigenvalue weighted by Gasteiger charge is 2.07. The number of rotatable bonds is 5. The van der Waals surface area contributed by atoms with Crippen molar-refractivity contribution < 1.29 is 19.0 Å². The van der Waals surface area contributed by atoms with E-state index < -0.39 is 5.17 Å². The summed E-state index contributed by atoms with van der Waals surface area (Å²) in [5, 5.41) is 10.5. The first-order valence-corrected chi connectivity index (χ1v) is 8.30. The third-order valence-corrected chi connectivity index (χ3v) is 3.13. The number of anilines is 1. The van der Waals surface area contributed by atoms with E-state index in [1.807, 2.05) is 0 Å². The van der Waals surface area contributed by atoms with Crippen LogP contribution >= 0.6 is 36.0 Å². The van der Waals surface area contributed by atoms with E-state index in [1.165, 1.54) is 30.5 Å². The normalized spacial score (nSPS) is 9.46. The molecule has 0 aliphatic carbocycles. The molecular weight excluding hydrogens is 401 g/mol. The lowest BCUT2D eigenvalue weighted by Gasteiger charge is -2.08. The fourth-order valence-corrected chi connectivity index (χ4v) is 1.91. The molecule has 0 bridgehead atoms. The molecular formula is C16H15ClFN3O3S2. The molecule has 2 rings (SSSR count). The molecule has 4 N–H and O–H groups in total. The second-order valence-electron chi connectivity index (χ2n) is 4.64. The summed E-state index contributed by atoms with van der Waals surface area (Å²) >= 11 is 14.6. The Hall–Kier alpha value is -2.36. The third-order valence-electron chi connectivity index (χ3n) is 2.69. The Morgan fingerprint density at radius 3 is 2.42 bits per heavy atom. The van der Waals surface area contributed by atoms with Gasteiger partial charge >= 0.3 is 0 Å². The van der Waals surface area contributed by atoms with Gasteiger partial charge in [0, 0.05) is 18.2 Å². The highest BCUT2D eigenvalue weighted by Crippen LogP contribution is 2.10. The molecule has 1 heterocycles. The Bertz CT molecular complexity index is 754. The number of carbonyl (C=O) groups excluding carboxylic acids is 1. The van der Waals surface area contributed by atoms with Gasteiger partial charge in [-0.15, -0.1) is 0 Å². The molecule has 2 aromatic rings. The van der Waals surface area contributed by atoms with Crippen LogP contribution in [0.3, 0.4) is 0 Å². The fourth-order valence-electron chi connectivity index (χ4n) is 1.61. The van der Waals surface area contributed by atoms with E-state index in [1.54, 1.807) is 12.1 Å². The van der Waals surface area contributed by atoms with Gasteiger partial charge in [0.2, 0.25) is 0 Å². The Kier molecular flexibility index (Phi) is 9.42. The number of nitrogens with one attached hydrogen (secondary N) is 1. The lowest BCUT2D eigenvalue weighted by Crippen LogP contribution is -2.16. The third kappa shape index (κ3) is 9.21. The van der Waals surface area contributed by atoms with Crippen LogP contribution in [0.5, 0.6) is 0 Å². The predicted octanol–water partition coefficient (Wildman–Crippen LogP) is 3.65. The van der Waals surface area contributed by atoms with Crippen molar-refractivity contribution in [3.05, 3.63) is 59.0 Å². The molecule has 0 amide bonds. The zero-order valence-electron chi connectivity index (χ0n) is 13.3. The largest absolute Gasteiger partial charge is 0.487 e. The summed E-state index contributed by atoms with van der Waals surface area (Å²) in [5.74, 6) is -0.0275. The van der Waals surface area contributed by atoms with Crippen molar-refractivity contribution in [2.24, 2.45) is 5.73 Å². The highest BCUT2D eigenvalue weighted by molar-refractivity contribution is 7.80. The average molecular weight is 416 g/mol. The monoisotopic (exact) mass is 415 g/mol. The van der Waals surface area contributed by atoms with Gasteiger partial charge in [-0.05, 0) is 60.8 Å². The Labute approximate surface area is 165 Å². The maximum Gasteiger partial charge on any atom is 0.262 e. The van der Waals surface area contributed by atoms with Crippen molar-refractivity contribution >= 4 is 58.0 Å². The van der Waals surface area contributed by atoms with E-state index in [4.69, 9.17) is 33.7 Å². The summed E-state index contributed by atoms with van der Waals surface area (Å²) in [5.41, 5.74) is 4.83. The molecule has 26 heavy (non-hydrogen) atoms. The number of ketones is 1. The van der Waals surface area contributed by atoms with Crippen molar-refractivity contribution in [3.63, 3.8) is 0 Å². The molecule has 0 unspecified atom stereocenters. The van der Waals surface area contributed by atoms with Gasteiger partial charge in [-0.25, -0.2) is 9.37 Å². The van der Waals surface area contributed by atoms with Crippen LogP contribution in [-0.2, 0) is 4.74 Å². The summed E-state index contributed by atoms with van der Waals surface area (Å²) in [6, 6.07) is 8.68. The molecule has 1 aromatic heterocycles. The van der Waals surface area contributed by atoms with E-state index in [9.17, 15) is 9.18 Å². The average Bonchev–Trinajstić information content (AvgIpc) is 2.57. The minimum Gasteiger partial charge on any atom is -0.487 e. The summed E-state index contributed by atoms with van der Waals surface area (Å²) in [7, 11) is 0. The number of halogens is 2. The van der Waals surface area contributed by atoms with E-state index in [0.717, 1.165) is 0 Å². The number of thiocarbonyl (C=S) groups is 2. The van der Waals surface area contributed by atoms with Crippen LogP contribution in [0.25, 0.3) is 0 Å². The first-order chi connectivity index (χ1) is 12.3. The molecule has 138 valence electrons. The standard InChI is InChI=1S/C15H12ClFN2O2S.CH3NOS/c16-11-3-6-14(18-9-11)19-15(22)21-8-7-13(20)10-1-4-12(17)5-2-10;2-1(3)4/h1-6,9H,7-8H2,(H,18,19,22);(H3,2,3,4). The van der Waals surface area contributed by atoms with Crippen LogP contribution in [0.2, 0.25) is 5.02 Å². The summed E-state index contributed by atoms with van der Waals surface area (Å²) in [6.07, 6.45) is 1.62. The SMILES string of the molecule is NC(O)=S.O=C(CCOC(=S)Nc1ccc(Cl)cn1)c1ccc(F)cc1. The second kappa shape index (κ2) is 11.3. The first-order valence-electron chi connectivity index (χ1n) is 7.10. The van der Waals surface area contributed by atoms with Gasteiger partial charge in [-0.2, -0.15) is 0 Å². The van der Waals surface area contributed by atoms with E-state index in [-0.39, 0.29) is 29.8 Å². The van der Waals surface area contributed by atoms with Crippen LogP contribution in [0.4, 0.5) is 10.2 Å². The number of pyridine rings is 1. The lowest BCUT2D eigenvalue weighted by molar-refractivity contribution is 0.0960. The summed E-state index contributed by atoms with van der Waals surface area (Å²) in [4.78, 5) is 15.8. The van der Waals surface area contributed by atoms with Gasteiger partial charge in [0.25, 0.3) is 10.3 Å². The smallest absolute Gasteiger partial charge is 0.262 e. The van der Waals surface area contributed by atoms with Crippen molar-refractivity contribution in [2.45, 2.75) is 6.42 Å². The van der Waals surface area contributed by atoms with Crippen molar-refractivity contribution in [3.8, 4) is 0 Å². The van der Waals surface area contributed by atoms with Gasteiger partial charge < -0.3 is 20.9 Å². The van der Waals surface area contributed by atoms with E-state index >= 15 is 0 Å². The highest BCUT2D eigenvalue weighted by atomic mass is 35.5. The zero-order chi connectivity index (χ0) is 19.5. The topological polar surface area (TPSA) is 97.5 Å². The molecule has 0 radical (unpaired) electrons. The molecule has 10 heteroatoms. The number of hydrogen-bond donors (Lipinski definition) is 3. The maximum atomic E-state index is 12.8. The Morgan fingerprint density at radius 2 is 1.88 bits per heavy atom. The number of nitrogens with two attached hydrogens (primary N) is 1. The van der Waals surface area contributed by atoms with Gasteiger partial charge in [0.15, 0.2) is 5.78 Å². The van der Waals surface area contributed by atoms with Crippen LogP contribution in [0.15, 0.2) is 42.6 Å². The van der Waals surface area contributed by atoms with E-state index in [2.05, 4.69) is 28.3 Å². The van der Waals surface area contributed by atoms with Crippen molar-refractivity contribution in [1.29, 1.82) is 0 Å². The minimum atomic E-state index is -0.500. The number of aliphatic hydroxyl groups excluding tert-OH is 1. The number of nitrogens with zero attached hydrogens (tertiary/aromatic N) is 1. The second-order valence-corrected chi connectivity index (χ2v) is 5.87. The number of hydrogen-bond acceptors (Lipinski definition) is 5. The molecule has 0 fully saturated rings. The van der Waals surface area contributed by atoms with Crippen LogP contribution in [-0.4, -0.2) is 32.8 Å². The number of aliphatic hydroxyl groups is 1. The van der Waals surface area contributed by atoms with Crippen LogP contribution in [0, 0.1) is 5.82 Å². The molecule has 0 saturated heterocycles. The minimum absolute atomic E-state index is 0.113. The number of benzene rings is 1. The number of carbonyl (C=O) groups is 1. The lowest BCUT2D eigenvalue weighted by atomic mass is 10.1. The van der Waals surface area contributed by atoms with Crippen molar-refractivity contribution in [1.82, 2.24) is 4.98 Å². The fraction of sp³-hybridized carbons (Fsp3) is 0.125. The van der Waals surface area contributed by atoms with Crippen LogP contribution in [0.1, 0.15) is 16.8 Å². The maximum absolute atomic E-state index is 12.8. The molecule has 0 aliphatic rings. The summed E-state index contributed by atoms with van der Waals surface area (Å²) < 4.78 is 18.0. The van der Waals surface area contributed by atoms with E-state index in [0.29, 0.717) is 16.4 Å². The van der Waals surface area contributed by atoms with Gasteiger partial charge in [-0.3, -0.25) is 4.79 Å². The summed E-state index contributed by atoms with van der Waals surface area (Å²) in [6.45, 7) is 0.121. The van der Waals surface area contributed by atoms with Crippen LogP contribution < -0.4 is 11.1 Å². The quantitative estimate of drug-likeness (QED) is 0.503. The Morgan fingerprint density at radius 1 is 1.27 bits per heavy atom. The Balaban J connectivity index is 0.000000765. The number of Topliss-reactive ketones (excluding diaryl/α,β-unsaturated/α-hetero) is 1. The molecule has 0 spiro atoms. The number of aromatic nitrogens is 1. The number of ether oxygens (including phenoxy) is 1. The predicted molar refractivity (Wildman–Crippen MR) is 106 cm³/mol. The van der Waals surface area contributed by atoms with Crippen molar-refractivity contribution in [2.75, 3.05) is 11.9 Å². The van der Waals surface area contributed by atoms with Gasteiger partial charge in [0.1, 0.15) is 11.6 Å². The molecule has 0 atom stereocenters. The van der Waals surface area contributed by atoms with Gasteiger partial charge in [-0.1, -0.05) is 11.6 Å². The molecule has 0 aliphatic heterocycles. The zero-order valence-corrected chi connectivity index (χ0v) is 15.7.